The molecule has 0 radical (unpaired) electrons. The minimum atomic E-state index is -0.417. The predicted octanol–water partition coefficient (Wildman–Crippen LogP) is 1.88. The van der Waals surface area contributed by atoms with E-state index in [1.807, 2.05) is 26.0 Å². The lowest BCUT2D eigenvalue weighted by Crippen LogP contribution is -2.10. The van der Waals surface area contributed by atoms with Gasteiger partial charge in [-0.3, -0.25) is 4.79 Å². The summed E-state index contributed by atoms with van der Waals surface area (Å²) in [5.74, 6) is -0.417. The maximum absolute atomic E-state index is 11.0. The van der Waals surface area contributed by atoms with Crippen molar-refractivity contribution in [2.75, 3.05) is 0 Å². The maximum atomic E-state index is 11.0. The van der Waals surface area contributed by atoms with Crippen molar-refractivity contribution in [1.29, 1.82) is 0 Å². The van der Waals surface area contributed by atoms with Crippen molar-refractivity contribution in [2.24, 2.45) is 5.73 Å². The summed E-state index contributed by atoms with van der Waals surface area (Å²) in [6.45, 7) is 4.02. The number of primary amides is 1. The van der Waals surface area contributed by atoms with Gasteiger partial charge in [0.05, 0.1) is 0 Å². The smallest absolute Gasteiger partial charge is 0.265 e. The van der Waals surface area contributed by atoms with E-state index in [1.165, 1.54) is 0 Å². The Morgan fingerprint density at radius 3 is 2.50 bits per heavy atom. The van der Waals surface area contributed by atoms with Crippen LogP contribution in [0.1, 0.15) is 21.6 Å². The molecule has 0 saturated heterocycles. The molecule has 0 atom stereocenters. The molecule has 0 aliphatic heterocycles. The van der Waals surface area contributed by atoms with Crippen molar-refractivity contribution >= 4 is 16.8 Å². The van der Waals surface area contributed by atoms with Crippen LogP contribution in [0.25, 0.3) is 10.9 Å². The minimum Gasteiger partial charge on any atom is -0.364 e. The molecule has 0 aliphatic carbocycles. The number of H-pyrrole nitrogens is 1. The van der Waals surface area contributed by atoms with E-state index in [9.17, 15) is 4.79 Å². The molecule has 3 nitrogen and oxygen atoms in total. The van der Waals surface area contributed by atoms with Crippen molar-refractivity contribution in [3.05, 3.63) is 35.0 Å². The molecular weight excluding hydrogens is 176 g/mol. The molecule has 1 heterocycles. The lowest BCUT2D eigenvalue weighted by Gasteiger charge is -1.98. The number of carbonyl (C=O) groups is 1. The Balaban J connectivity index is 2.82. The van der Waals surface area contributed by atoms with Gasteiger partial charge in [0.1, 0.15) is 5.69 Å². The number of carbonyl (C=O) groups excluding carboxylic acids is 1. The van der Waals surface area contributed by atoms with Crippen LogP contribution < -0.4 is 5.73 Å². The predicted molar refractivity (Wildman–Crippen MR) is 56.3 cm³/mol. The number of hydrogen-bond acceptors (Lipinski definition) is 1. The highest BCUT2D eigenvalue weighted by Crippen LogP contribution is 2.22. The van der Waals surface area contributed by atoms with Gasteiger partial charge in [0.25, 0.3) is 5.91 Å². The molecule has 0 unspecified atom stereocenters. The fourth-order valence-electron chi connectivity index (χ4n) is 1.63. The molecule has 3 heteroatoms. The number of benzene rings is 1. The Morgan fingerprint density at radius 1 is 1.29 bits per heavy atom. The maximum Gasteiger partial charge on any atom is 0.265 e. The molecule has 1 amide bonds. The van der Waals surface area contributed by atoms with E-state index in [0.29, 0.717) is 5.69 Å². The first-order valence-corrected chi connectivity index (χ1v) is 4.48. The van der Waals surface area contributed by atoms with Crippen molar-refractivity contribution in [2.45, 2.75) is 13.8 Å². The third kappa shape index (κ3) is 1.18. The van der Waals surface area contributed by atoms with Gasteiger partial charge in [-0.15, -0.1) is 0 Å². The molecule has 1 aromatic carbocycles. The lowest BCUT2D eigenvalue weighted by molar-refractivity contribution is 0.0996. The number of nitrogens with one attached hydrogen (secondary N) is 1. The molecule has 0 spiro atoms. The van der Waals surface area contributed by atoms with Gasteiger partial charge < -0.3 is 10.7 Å². The van der Waals surface area contributed by atoms with Gasteiger partial charge in [-0.25, -0.2) is 0 Å². The SMILES string of the molecule is Cc1ccc(C)c2[nH]c(C(N)=O)cc12. The molecule has 2 rings (SSSR count). The van der Waals surface area contributed by atoms with Crippen LogP contribution in [0.4, 0.5) is 0 Å². The molecule has 14 heavy (non-hydrogen) atoms. The Bertz CT molecular complexity index is 472. The molecule has 0 fully saturated rings. The van der Waals surface area contributed by atoms with Gasteiger partial charge in [0, 0.05) is 10.9 Å². The third-order valence-corrected chi connectivity index (χ3v) is 2.49. The summed E-state index contributed by atoms with van der Waals surface area (Å²) in [6.07, 6.45) is 0. The van der Waals surface area contributed by atoms with Crippen LogP contribution in [0.3, 0.4) is 0 Å². The second-order valence-corrected chi connectivity index (χ2v) is 3.54. The average Bonchev–Trinajstić information content (AvgIpc) is 2.57. The summed E-state index contributed by atoms with van der Waals surface area (Å²) in [5.41, 5.74) is 8.95. The summed E-state index contributed by atoms with van der Waals surface area (Å²) in [6, 6.07) is 5.87. The van der Waals surface area contributed by atoms with Crippen molar-refractivity contribution in [3.8, 4) is 0 Å². The van der Waals surface area contributed by atoms with Crippen LogP contribution in [0.5, 0.6) is 0 Å². The van der Waals surface area contributed by atoms with Gasteiger partial charge in [0.2, 0.25) is 0 Å². The fourth-order valence-corrected chi connectivity index (χ4v) is 1.63. The molecule has 3 N–H and O–H groups in total. The van der Waals surface area contributed by atoms with E-state index in [-0.39, 0.29) is 0 Å². The van der Waals surface area contributed by atoms with E-state index in [1.54, 1.807) is 6.07 Å². The number of rotatable bonds is 1. The molecule has 0 aliphatic rings. The van der Waals surface area contributed by atoms with Crippen LogP contribution in [0.2, 0.25) is 0 Å². The normalized spacial score (nSPS) is 10.7. The van der Waals surface area contributed by atoms with Gasteiger partial charge in [0.15, 0.2) is 0 Å². The van der Waals surface area contributed by atoms with Gasteiger partial charge in [-0.1, -0.05) is 12.1 Å². The van der Waals surface area contributed by atoms with Gasteiger partial charge >= 0.3 is 0 Å². The average molecular weight is 188 g/mol. The number of amides is 1. The zero-order valence-corrected chi connectivity index (χ0v) is 8.22. The summed E-state index contributed by atoms with van der Waals surface area (Å²) < 4.78 is 0. The van der Waals surface area contributed by atoms with Crippen LogP contribution in [-0.4, -0.2) is 10.9 Å². The number of fused-ring (bicyclic) bond motifs is 1. The van der Waals surface area contributed by atoms with Crippen molar-refractivity contribution < 1.29 is 4.79 Å². The van der Waals surface area contributed by atoms with Crippen molar-refractivity contribution in [1.82, 2.24) is 4.98 Å². The number of aromatic amines is 1. The van der Waals surface area contributed by atoms with Crippen LogP contribution in [0, 0.1) is 13.8 Å². The lowest BCUT2D eigenvalue weighted by atomic mass is 10.1. The second-order valence-electron chi connectivity index (χ2n) is 3.54. The molecule has 72 valence electrons. The number of aryl methyl sites for hydroxylation is 2. The first-order chi connectivity index (χ1) is 6.59. The molecule has 2 aromatic rings. The number of aromatic nitrogens is 1. The minimum absolute atomic E-state index is 0.417. The quantitative estimate of drug-likeness (QED) is 0.705. The fraction of sp³-hybridized carbons (Fsp3) is 0.182. The van der Waals surface area contributed by atoms with E-state index in [4.69, 9.17) is 5.73 Å². The highest BCUT2D eigenvalue weighted by atomic mass is 16.1. The Morgan fingerprint density at radius 2 is 1.93 bits per heavy atom. The largest absolute Gasteiger partial charge is 0.364 e. The van der Waals surface area contributed by atoms with Crippen LogP contribution in [0.15, 0.2) is 18.2 Å². The third-order valence-electron chi connectivity index (χ3n) is 2.49. The first-order valence-electron chi connectivity index (χ1n) is 4.48. The zero-order chi connectivity index (χ0) is 10.3. The number of nitrogens with two attached hydrogens (primary N) is 1. The summed E-state index contributed by atoms with van der Waals surface area (Å²) in [4.78, 5) is 14.0. The first kappa shape index (κ1) is 8.81. The Labute approximate surface area is 81.9 Å². The van der Waals surface area contributed by atoms with Crippen molar-refractivity contribution in [3.63, 3.8) is 0 Å². The molecule has 0 saturated carbocycles. The zero-order valence-electron chi connectivity index (χ0n) is 8.22. The summed E-state index contributed by atoms with van der Waals surface area (Å²) in [5, 5.41) is 1.07. The van der Waals surface area contributed by atoms with E-state index < -0.39 is 5.91 Å². The molecule has 0 bridgehead atoms. The Hall–Kier alpha value is -1.77. The highest BCUT2D eigenvalue weighted by Gasteiger charge is 2.08. The van der Waals surface area contributed by atoms with E-state index in [0.717, 1.165) is 22.0 Å². The standard InChI is InChI=1S/C11H12N2O/c1-6-3-4-7(2)10-8(6)5-9(13-10)11(12)14/h3-5,13H,1-2H3,(H2,12,14). The monoisotopic (exact) mass is 188 g/mol. The molecule has 1 aromatic heterocycles. The topological polar surface area (TPSA) is 58.9 Å². The van der Waals surface area contributed by atoms with E-state index in [2.05, 4.69) is 4.98 Å². The molecular formula is C11H12N2O. The van der Waals surface area contributed by atoms with Gasteiger partial charge in [-0.05, 0) is 31.0 Å². The van der Waals surface area contributed by atoms with Crippen LogP contribution in [-0.2, 0) is 0 Å². The number of hydrogen-bond donors (Lipinski definition) is 2. The van der Waals surface area contributed by atoms with Gasteiger partial charge in [-0.2, -0.15) is 0 Å². The highest BCUT2D eigenvalue weighted by molar-refractivity contribution is 5.98. The van der Waals surface area contributed by atoms with E-state index >= 15 is 0 Å². The Kier molecular flexibility index (Phi) is 1.81. The summed E-state index contributed by atoms with van der Waals surface area (Å²) in [7, 11) is 0. The van der Waals surface area contributed by atoms with Crippen LogP contribution >= 0.6 is 0 Å². The second kappa shape index (κ2) is 2.87. The summed E-state index contributed by atoms with van der Waals surface area (Å²) >= 11 is 0.